The Kier molecular flexibility index (Phi) is 5.11. The van der Waals surface area contributed by atoms with Crippen LogP contribution in [0.3, 0.4) is 0 Å². The second-order valence-electron chi connectivity index (χ2n) is 4.79. The summed E-state index contributed by atoms with van der Waals surface area (Å²) in [7, 11) is 0. The zero-order valence-corrected chi connectivity index (χ0v) is 12.9. The third-order valence-electron chi connectivity index (χ3n) is 3.15. The highest BCUT2D eigenvalue weighted by atomic mass is 32.1. The van der Waals surface area contributed by atoms with Gasteiger partial charge in [0.1, 0.15) is 10.8 Å². The van der Waals surface area contributed by atoms with Gasteiger partial charge in [-0.1, -0.05) is 23.5 Å². The molecule has 21 heavy (non-hydrogen) atoms. The standard InChI is InChI=1S/C14H19N3O3S/c1-3-20-13-17-16-12(21-13)8-15-14(2,9-18)10-5-4-6-11(19)7-10/h4-7,15,18-19H,3,8-9H2,1-2H3/t14-/m1/s1. The second-order valence-corrected chi connectivity index (χ2v) is 5.81. The van der Waals surface area contributed by atoms with Crippen LogP contribution in [0.2, 0.25) is 0 Å². The maximum absolute atomic E-state index is 9.70. The van der Waals surface area contributed by atoms with Crippen LogP contribution in [0, 0.1) is 0 Å². The number of hydrogen-bond acceptors (Lipinski definition) is 7. The molecule has 114 valence electrons. The van der Waals surface area contributed by atoms with Crippen LogP contribution in [0.5, 0.6) is 10.9 Å². The third-order valence-corrected chi connectivity index (χ3v) is 3.98. The predicted octanol–water partition coefficient (Wildman–Crippen LogP) is 1.64. The lowest BCUT2D eigenvalue weighted by molar-refractivity contribution is 0.173. The Morgan fingerprint density at radius 3 is 2.86 bits per heavy atom. The fraction of sp³-hybridized carbons (Fsp3) is 0.429. The summed E-state index contributed by atoms with van der Waals surface area (Å²) in [6.07, 6.45) is 0. The van der Waals surface area contributed by atoms with E-state index in [4.69, 9.17) is 4.74 Å². The van der Waals surface area contributed by atoms with Gasteiger partial charge in [0.05, 0.1) is 25.3 Å². The van der Waals surface area contributed by atoms with Crippen LogP contribution in [-0.4, -0.2) is 33.6 Å². The van der Waals surface area contributed by atoms with Gasteiger partial charge in [-0.25, -0.2) is 0 Å². The highest BCUT2D eigenvalue weighted by Gasteiger charge is 2.26. The van der Waals surface area contributed by atoms with Crippen LogP contribution in [0.1, 0.15) is 24.4 Å². The monoisotopic (exact) mass is 309 g/mol. The van der Waals surface area contributed by atoms with Gasteiger partial charge in [-0.2, -0.15) is 0 Å². The smallest absolute Gasteiger partial charge is 0.294 e. The van der Waals surface area contributed by atoms with Crippen molar-refractivity contribution in [2.24, 2.45) is 0 Å². The molecule has 7 heteroatoms. The number of benzene rings is 1. The van der Waals surface area contributed by atoms with Gasteiger partial charge in [-0.05, 0) is 31.5 Å². The van der Waals surface area contributed by atoms with Crippen LogP contribution in [0.15, 0.2) is 24.3 Å². The molecule has 0 aliphatic heterocycles. The Labute approximate surface area is 127 Å². The van der Waals surface area contributed by atoms with E-state index in [1.165, 1.54) is 11.3 Å². The van der Waals surface area contributed by atoms with Gasteiger partial charge in [-0.15, -0.1) is 10.2 Å². The Morgan fingerprint density at radius 2 is 2.19 bits per heavy atom. The molecule has 3 N–H and O–H groups in total. The molecule has 0 spiro atoms. The zero-order chi connectivity index (χ0) is 15.3. The minimum Gasteiger partial charge on any atom is -0.508 e. The fourth-order valence-electron chi connectivity index (χ4n) is 1.86. The Bertz CT molecular complexity index is 590. The van der Waals surface area contributed by atoms with Crippen molar-refractivity contribution in [3.05, 3.63) is 34.8 Å². The molecule has 1 heterocycles. The molecule has 0 radical (unpaired) electrons. The molecule has 0 saturated carbocycles. The Morgan fingerprint density at radius 1 is 1.38 bits per heavy atom. The van der Waals surface area contributed by atoms with Crippen LogP contribution in [0.4, 0.5) is 0 Å². The molecule has 1 aromatic heterocycles. The number of aliphatic hydroxyl groups excluding tert-OH is 1. The van der Waals surface area contributed by atoms with Crippen molar-refractivity contribution in [2.45, 2.75) is 25.9 Å². The number of aromatic nitrogens is 2. The van der Waals surface area contributed by atoms with E-state index in [0.717, 1.165) is 10.6 Å². The fourth-order valence-corrected chi connectivity index (χ4v) is 2.55. The molecule has 6 nitrogen and oxygen atoms in total. The highest BCUT2D eigenvalue weighted by molar-refractivity contribution is 7.13. The predicted molar refractivity (Wildman–Crippen MR) is 80.5 cm³/mol. The van der Waals surface area contributed by atoms with Crippen molar-refractivity contribution < 1.29 is 14.9 Å². The van der Waals surface area contributed by atoms with Gasteiger partial charge in [0.2, 0.25) is 0 Å². The molecule has 0 aliphatic rings. The highest BCUT2D eigenvalue weighted by Crippen LogP contribution is 2.25. The summed E-state index contributed by atoms with van der Waals surface area (Å²) in [6.45, 7) is 4.67. The van der Waals surface area contributed by atoms with E-state index in [9.17, 15) is 10.2 Å². The van der Waals surface area contributed by atoms with E-state index in [1.807, 2.05) is 19.9 Å². The quantitative estimate of drug-likeness (QED) is 0.721. The molecule has 1 atom stereocenters. The lowest BCUT2D eigenvalue weighted by Gasteiger charge is -2.29. The van der Waals surface area contributed by atoms with Crippen molar-refractivity contribution in [1.82, 2.24) is 15.5 Å². The largest absolute Gasteiger partial charge is 0.508 e. The summed E-state index contributed by atoms with van der Waals surface area (Å²) in [6, 6.07) is 6.84. The summed E-state index contributed by atoms with van der Waals surface area (Å²) in [5.74, 6) is 0.170. The number of phenols is 1. The van der Waals surface area contributed by atoms with E-state index >= 15 is 0 Å². The van der Waals surface area contributed by atoms with Crippen molar-refractivity contribution in [3.8, 4) is 10.9 Å². The molecular weight excluding hydrogens is 290 g/mol. The molecule has 2 aromatic rings. The molecular formula is C14H19N3O3S. The normalized spacial score (nSPS) is 13.9. The Hall–Kier alpha value is -1.70. The van der Waals surface area contributed by atoms with Crippen molar-refractivity contribution in [3.63, 3.8) is 0 Å². The van der Waals surface area contributed by atoms with Crippen molar-refractivity contribution in [1.29, 1.82) is 0 Å². The third kappa shape index (κ3) is 3.90. The van der Waals surface area contributed by atoms with Gasteiger partial charge in [0.15, 0.2) is 0 Å². The summed E-state index contributed by atoms with van der Waals surface area (Å²) in [4.78, 5) is 0. The molecule has 0 saturated heterocycles. The summed E-state index contributed by atoms with van der Waals surface area (Å²) in [5, 5.41) is 31.8. The number of aliphatic hydroxyl groups is 1. The van der Waals surface area contributed by atoms with E-state index in [-0.39, 0.29) is 12.4 Å². The second kappa shape index (κ2) is 6.84. The average Bonchev–Trinajstić information content (AvgIpc) is 2.93. The molecule has 0 amide bonds. The lowest BCUT2D eigenvalue weighted by Crippen LogP contribution is -2.42. The van der Waals surface area contributed by atoms with E-state index < -0.39 is 5.54 Å². The average molecular weight is 309 g/mol. The molecule has 0 aliphatic carbocycles. The number of phenolic OH excluding ortho intramolecular Hbond substituents is 1. The van der Waals surface area contributed by atoms with Crippen LogP contribution < -0.4 is 10.1 Å². The van der Waals surface area contributed by atoms with Gasteiger partial charge in [-0.3, -0.25) is 5.32 Å². The van der Waals surface area contributed by atoms with Gasteiger partial charge in [0.25, 0.3) is 5.19 Å². The number of nitrogens with zero attached hydrogens (tertiary/aromatic N) is 2. The number of ether oxygens (including phenoxy) is 1. The Balaban J connectivity index is 2.07. The molecule has 2 rings (SSSR count). The van der Waals surface area contributed by atoms with Crippen molar-refractivity contribution in [2.75, 3.05) is 13.2 Å². The number of rotatable bonds is 7. The summed E-state index contributed by atoms with van der Waals surface area (Å²) < 4.78 is 5.28. The maximum Gasteiger partial charge on any atom is 0.294 e. The lowest BCUT2D eigenvalue weighted by atomic mass is 9.92. The minimum absolute atomic E-state index is 0.104. The SMILES string of the molecule is CCOc1nnc(CN[C@](C)(CO)c2cccc(O)c2)s1. The van der Waals surface area contributed by atoms with Crippen LogP contribution >= 0.6 is 11.3 Å². The van der Waals surface area contributed by atoms with Crippen LogP contribution in [0.25, 0.3) is 0 Å². The van der Waals surface area contributed by atoms with Gasteiger partial charge < -0.3 is 14.9 Å². The first-order chi connectivity index (χ1) is 10.1. The van der Waals surface area contributed by atoms with E-state index in [1.54, 1.807) is 18.2 Å². The summed E-state index contributed by atoms with van der Waals surface area (Å²) in [5.41, 5.74) is 0.135. The minimum atomic E-state index is -0.670. The first-order valence-electron chi connectivity index (χ1n) is 6.68. The summed E-state index contributed by atoms with van der Waals surface area (Å²) >= 11 is 1.37. The van der Waals surface area contributed by atoms with Gasteiger partial charge in [0, 0.05) is 0 Å². The number of nitrogens with one attached hydrogen (secondary N) is 1. The number of aromatic hydroxyl groups is 1. The van der Waals surface area contributed by atoms with E-state index in [2.05, 4.69) is 15.5 Å². The molecule has 0 unspecified atom stereocenters. The first-order valence-corrected chi connectivity index (χ1v) is 7.49. The van der Waals surface area contributed by atoms with Crippen LogP contribution in [-0.2, 0) is 12.1 Å². The van der Waals surface area contributed by atoms with Gasteiger partial charge >= 0.3 is 0 Å². The maximum atomic E-state index is 9.70. The molecule has 0 bridgehead atoms. The van der Waals surface area contributed by atoms with E-state index in [0.29, 0.717) is 18.3 Å². The zero-order valence-electron chi connectivity index (χ0n) is 12.0. The topological polar surface area (TPSA) is 87.5 Å². The number of hydrogen-bond donors (Lipinski definition) is 3. The first kappa shape index (κ1) is 15.7. The molecule has 0 fully saturated rings. The molecule has 1 aromatic carbocycles. The van der Waals surface area contributed by atoms with Crippen molar-refractivity contribution >= 4 is 11.3 Å².